The molecule has 0 spiro atoms. The number of rotatable bonds is 7. The van der Waals surface area contributed by atoms with Gasteiger partial charge in [0.25, 0.3) is 0 Å². The summed E-state index contributed by atoms with van der Waals surface area (Å²) >= 11 is 0. The molecule has 20 heavy (non-hydrogen) atoms. The van der Waals surface area contributed by atoms with E-state index in [1.807, 2.05) is 38.1 Å². The molecule has 0 fully saturated rings. The zero-order valence-corrected chi connectivity index (χ0v) is 12.0. The lowest BCUT2D eigenvalue weighted by molar-refractivity contribution is -0.122. The lowest BCUT2D eigenvalue weighted by Gasteiger charge is -2.17. The third-order valence-corrected chi connectivity index (χ3v) is 3.08. The molecule has 0 radical (unpaired) electrons. The van der Waals surface area contributed by atoms with Gasteiger partial charge >= 0.3 is 6.09 Å². The molecule has 1 atom stereocenters. The highest BCUT2D eigenvalue weighted by molar-refractivity contribution is 5.76. The Morgan fingerprint density at radius 1 is 1.25 bits per heavy atom. The van der Waals surface area contributed by atoms with Crippen LogP contribution in [0.5, 0.6) is 0 Å². The number of amides is 2. The molecular weight excluding hydrogens is 256 g/mol. The van der Waals surface area contributed by atoms with Crippen LogP contribution in [0.2, 0.25) is 0 Å². The number of carboxylic acid groups (broad SMARTS) is 1. The van der Waals surface area contributed by atoms with Gasteiger partial charge in [-0.3, -0.25) is 4.79 Å². The summed E-state index contributed by atoms with van der Waals surface area (Å²) in [7, 11) is 0. The number of carbonyl (C=O) groups is 2. The van der Waals surface area contributed by atoms with Crippen LogP contribution < -0.4 is 10.6 Å². The molecule has 0 bridgehead atoms. The van der Waals surface area contributed by atoms with Crippen molar-refractivity contribution in [1.29, 1.82) is 0 Å². The second kappa shape index (κ2) is 8.19. The molecule has 5 heteroatoms. The van der Waals surface area contributed by atoms with Gasteiger partial charge in [-0.25, -0.2) is 4.79 Å². The monoisotopic (exact) mass is 278 g/mol. The lowest BCUT2D eigenvalue weighted by Crippen LogP contribution is -2.29. The van der Waals surface area contributed by atoms with E-state index in [1.165, 1.54) is 5.56 Å². The van der Waals surface area contributed by atoms with Crippen molar-refractivity contribution in [3.8, 4) is 0 Å². The molecule has 1 aromatic rings. The molecule has 3 N–H and O–H groups in total. The van der Waals surface area contributed by atoms with Crippen molar-refractivity contribution in [3.63, 3.8) is 0 Å². The number of aryl methyl sites for hydroxylation is 1. The Balaban J connectivity index is 2.41. The maximum Gasteiger partial charge on any atom is 0.404 e. The highest BCUT2D eigenvalue weighted by Crippen LogP contribution is 2.17. The lowest BCUT2D eigenvalue weighted by atomic mass is 10.0. The number of carbonyl (C=O) groups excluding carboxylic acids is 1. The molecule has 0 aliphatic heterocycles. The predicted molar refractivity (Wildman–Crippen MR) is 77.6 cm³/mol. The van der Waals surface area contributed by atoms with E-state index in [2.05, 4.69) is 10.6 Å². The Kier molecular flexibility index (Phi) is 6.56. The van der Waals surface area contributed by atoms with E-state index in [0.29, 0.717) is 19.4 Å². The van der Waals surface area contributed by atoms with Crippen LogP contribution in [0.3, 0.4) is 0 Å². The molecule has 110 valence electrons. The zero-order valence-electron chi connectivity index (χ0n) is 12.0. The number of hydrogen-bond donors (Lipinski definition) is 3. The van der Waals surface area contributed by atoms with E-state index in [-0.39, 0.29) is 11.9 Å². The van der Waals surface area contributed by atoms with E-state index < -0.39 is 6.09 Å². The Morgan fingerprint density at radius 2 is 1.90 bits per heavy atom. The zero-order chi connectivity index (χ0) is 15.0. The van der Waals surface area contributed by atoms with Gasteiger partial charge in [0.15, 0.2) is 0 Å². The maximum atomic E-state index is 11.8. The molecule has 0 heterocycles. The Bertz CT molecular complexity index is 443. The summed E-state index contributed by atoms with van der Waals surface area (Å²) in [5.41, 5.74) is 2.28. The first-order valence-electron chi connectivity index (χ1n) is 6.85. The fraction of sp³-hybridized carbons (Fsp3) is 0.467. The summed E-state index contributed by atoms with van der Waals surface area (Å²) in [6, 6.07) is 8.11. The second-order valence-electron chi connectivity index (χ2n) is 4.77. The van der Waals surface area contributed by atoms with Crippen molar-refractivity contribution >= 4 is 12.0 Å². The first-order valence-corrected chi connectivity index (χ1v) is 6.85. The average Bonchev–Trinajstić information content (AvgIpc) is 2.42. The summed E-state index contributed by atoms with van der Waals surface area (Å²) in [5.74, 6) is -0.0513. The van der Waals surface area contributed by atoms with Gasteiger partial charge in [0, 0.05) is 13.0 Å². The van der Waals surface area contributed by atoms with E-state index in [0.717, 1.165) is 12.0 Å². The smallest absolute Gasteiger partial charge is 0.404 e. The Labute approximate surface area is 119 Å². The van der Waals surface area contributed by atoms with Crippen LogP contribution in [0.4, 0.5) is 4.79 Å². The third kappa shape index (κ3) is 5.73. The minimum atomic E-state index is -1.06. The third-order valence-electron chi connectivity index (χ3n) is 3.08. The minimum absolute atomic E-state index is 0.00975. The van der Waals surface area contributed by atoms with Gasteiger partial charge in [-0.15, -0.1) is 0 Å². The van der Waals surface area contributed by atoms with E-state index in [9.17, 15) is 9.59 Å². The van der Waals surface area contributed by atoms with Gasteiger partial charge in [-0.1, -0.05) is 36.8 Å². The molecule has 0 aromatic heterocycles. The van der Waals surface area contributed by atoms with Crippen LogP contribution in [0.15, 0.2) is 24.3 Å². The highest BCUT2D eigenvalue weighted by atomic mass is 16.4. The number of nitrogens with one attached hydrogen (secondary N) is 2. The van der Waals surface area contributed by atoms with Gasteiger partial charge in [0.2, 0.25) is 5.91 Å². The molecule has 0 saturated carbocycles. The van der Waals surface area contributed by atoms with Crippen molar-refractivity contribution in [3.05, 3.63) is 35.4 Å². The van der Waals surface area contributed by atoms with E-state index in [1.54, 1.807) is 0 Å². The summed E-state index contributed by atoms with van der Waals surface area (Å²) in [6.45, 7) is 4.35. The molecular formula is C15H22N2O3. The molecule has 2 amide bonds. The van der Waals surface area contributed by atoms with Gasteiger partial charge < -0.3 is 15.7 Å². The Morgan fingerprint density at radius 3 is 2.45 bits per heavy atom. The van der Waals surface area contributed by atoms with E-state index in [4.69, 9.17) is 5.11 Å². The van der Waals surface area contributed by atoms with Gasteiger partial charge in [-0.2, -0.15) is 0 Å². The molecule has 1 aromatic carbocycles. The van der Waals surface area contributed by atoms with Crippen molar-refractivity contribution < 1.29 is 14.7 Å². The van der Waals surface area contributed by atoms with E-state index >= 15 is 0 Å². The summed E-state index contributed by atoms with van der Waals surface area (Å²) in [4.78, 5) is 22.1. The number of benzene rings is 1. The van der Waals surface area contributed by atoms with Crippen LogP contribution in [0.25, 0.3) is 0 Å². The largest absolute Gasteiger partial charge is 0.465 e. The maximum absolute atomic E-state index is 11.8. The first-order chi connectivity index (χ1) is 9.52. The van der Waals surface area contributed by atoms with Crippen LogP contribution in [0.1, 0.15) is 43.4 Å². The minimum Gasteiger partial charge on any atom is -0.465 e. The standard InChI is InChI=1S/C15H22N2O3/c1-3-13(12-8-6-11(2)7-9-12)17-14(18)5-4-10-16-15(19)20/h6-9,13,16H,3-5,10H2,1-2H3,(H,17,18)(H,19,20). The molecule has 1 rings (SSSR count). The summed E-state index contributed by atoms with van der Waals surface area (Å²) in [6.07, 6.45) is 0.587. The highest BCUT2D eigenvalue weighted by Gasteiger charge is 2.12. The molecule has 0 aliphatic carbocycles. The van der Waals surface area contributed by atoms with Crippen LogP contribution in [-0.4, -0.2) is 23.7 Å². The van der Waals surface area contributed by atoms with Crippen molar-refractivity contribution in [2.45, 2.75) is 39.2 Å². The number of hydrogen-bond acceptors (Lipinski definition) is 2. The van der Waals surface area contributed by atoms with Crippen molar-refractivity contribution in [2.75, 3.05) is 6.54 Å². The van der Waals surface area contributed by atoms with Gasteiger partial charge in [0.05, 0.1) is 6.04 Å². The van der Waals surface area contributed by atoms with Crippen LogP contribution in [-0.2, 0) is 4.79 Å². The predicted octanol–water partition coefficient (Wildman–Crippen LogP) is 2.61. The topological polar surface area (TPSA) is 78.4 Å². The molecule has 1 unspecified atom stereocenters. The molecule has 5 nitrogen and oxygen atoms in total. The quantitative estimate of drug-likeness (QED) is 0.671. The normalized spacial score (nSPS) is 11.7. The first kappa shape index (κ1) is 16.0. The SMILES string of the molecule is CCC(NC(=O)CCCNC(=O)O)c1ccc(C)cc1. The summed E-state index contributed by atoms with van der Waals surface area (Å²) < 4.78 is 0. The summed E-state index contributed by atoms with van der Waals surface area (Å²) in [5, 5.41) is 13.6. The molecule has 0 saturated heterocycles. The second-order valence-corrected chi connectivity index (χ2v) is 4.77. The average molecular weight is 278 g/mol. The van der Waals surface area contributed by atoms with Gasteiger partial charge in [0.1, 0.15) is 0 Å². The fourth-order valence-electron chi connectivity index (χ4n) is 1.93. The van der Waals surface area contributed by atoms with Crippen LogP contribution >= 0.6 is 0 Å². The Hall–Kier alpha value is -2.04. The molecule has 0 aliphatic rings. The van der Waals surface area contributed by atoms with Crippen molar-refractivity contribution in [1.82, 2.24) is 10.6 Å². The fourth-order valence-corrected chi connectivity index (χ4v) is 1.93. The van der Waals surface area contributed by atoms with Gasteiger partial charge in [-0.05, 0) is 25.3 Å². The van der Waals surface area contributed by atoms with Crippen LogP contribution in [0, 0.1) is 6.92 Å². The van der Waals surface area contributed by atoms with Crippen molar-refractivity contribution in [2.24, 2.45) is 0 Å².